The number of nitro groups is 1. The van der Waals surface area contributed by atoms with Crippen LogP contribution in [-0.4, -0.2) is 22.0 Å². The molecule has 0 aliphatic rings. The van der Waals surface area contributed by atoms with E-state index in [1.54, 1.807) is 19.1 Å². The average Bonchev–Trinajstić information content (AvgIpc) is 2.26. The molecule has 0 aromatic heterocycles. The summed E-state index contributed by atoms with van der Waals surface area (Å²) in [7, 11) is 0. The third kappa shape index (κ3) is 3.89. The number of carboxylic acid groups (broad SMARTS) is 1. The molecule has 0 bridgehead atoms. The fourth-order valence-corrected chi connectivity index (χ4v) is 1.74. The van der Waals surface area contributed by atoms with Crippen molar-refractivity contribution in [3.63, 3.8) is 0 Å². The molecule has 0 fully saturated rings. The Labute approximate surface area is 109 Å². The molecule has 0 aliphatic heterocycles. The fourth-order valence-electron chi connectivity index (χ4n) is 1.49. The molecule has 0 spiro atoms. The highest BCUT2D eigenvalue weighted by Gasteiger charge is 2.19. The third-order valence-electron chi connectivity index (χ3n) is 2.36. The molecule has 7 heteroatoms. The maximum atomic E-state index is 10.9. The normalized spacial score (nSPS) is 11.9. The van der Waals surface area contributed by atoms with Crippen LogP contribution in [0.1, 0.15) is 19.8 Å². The number of aliphatic carboxylic acids is 1. The molecule has 2 N–H and O–H groups in total. The van der Waals surface area contributed by atoms with Crippen LogP contribution in [0, 0.1) is 10.1 Å². The van der Waals surface area contributed by atoms with Crippen LogP contribution in [0.15, 0.2) is 18.2 Å². The number of para-hydroxylation sites is 1. The van der Waals surface area contributed by atoms with Crippen molar-refractivity contribution in [1.29, 1.82) is 0 Å². The monoisotopic (exact) mass is 272 g/mol. The smallest absolute Gasteiger partial charge is 0.310 e. The van der Waals surface area contributed by atoms with Crippen molar-refractivity contribution in [3.8, 4) is 0 Å². The zero-order chi connectivity index (χ0) is 13.7. The highest BCUT2D eigenvalue weighted by molar-refractivity contribution is 6.33. The SMILES string of the molecule is CC(CCC(=O)O)Nc1cccc(Cl)c1[N+](=O)[O-]. The lowest BCUT2D eigenvalue weighted by atomic mass is 10.1. The van der Waals surface area contributed by atoms with E-state index in [-0.39, 0.29) is 23.2 Å². The van der Waals surface area contributed by atoms with E-state index in [9.17, 15) is 14.9 Å². The first-order valence-electron chi connectivity index (χ1n) is 5.33. The quantitative estimate of drug-likeness (QED) is 0.613. The molecule has 0 saturated heterocycles. The summed E-state index contributed by atoms with van der Waals surface area (Å²) in [6, 6.07) is 4.38. The molecule has 0 aliphatic carbocycles. The Morgan fingerprint density at radius 1 is 1.61 bits per heavy atom. The second-order valence-corrected chi connectivity index (χ2v) is 4.28. The Kier molecular flexibility index (Phi) is 4.91. The summed E-state index contributed by atoms with van der Waals surface area (Å²) in [6.07, 6.45) is 0.377. The molecule has 6 nitrogen and oxygen atoms in total. The summed E-state index contributed by atoms with van der Waals surface area (Å²) < 4.78 is 0. The number of hydrogen-bond acceptors (Lipinski definition) is 4. The van der Waals surface area contributed by atoms with Gasteiger partial charge in [-0.2, -0.15) is 0 Å². The molecule has 0 saturated carbocycles. The van der Waals surface area contributed by atoms with E-state index < -0.39 is 10.9 Å². The first-order valence-corrected chi connectivity index (χ1v) is 5.71. The molecule has 1 aromatic rings. The van der Waals surface area contributed by atoms with Crippen LogP contribution < -0.4 is 5.32 Å². The minimum absolute atomic E-state index is 0.00251. The summed E-state index contributed by atoms with van der Waals surface area (Å²) >= 11 is 5.76. The zero-order valence-electron chi connectivity index (χ0n) is 9.72. The maximum absolute atomic E-state index is 10.9. The van der Waals surface area contributed by atoms with E-state index in [1.165, 1.54) is 6.07 Å². The van der Waals surface area contributed by atoms with Crippen molar-refractivity contribution < 1.29 is 14.8 Å². The molecular formula is C11H13ClN2O4. The Balaban J connectivity index is 2.81. The van der Waals surface area contributed by atoms with Crippen LogP contribution in [-0.2, 0) is 4.79 Å². The van der Waals surface area contributed by atoms with Crippen LogP contribution in [0.3, 0.4) is 0 Å². The van der Waals surface area contributed by atoms with Crippen LogP contribution in [0.4, 0.5) is 11.4 Å². The molecule has 1 atom stereocenters. The second kappa shape index (κ2) is 6.20. The Hall–Kier alpha value is -1.82. The van der Waals surface area contributed by atoms with E-state index in [1.807, 2.05) is 0 Å². The van der Waals surface area contributed by atoms with Crippen LogP contribution in [0.5, 0.6) is 0 Å². The molecule has 0 heterocycles. The fraction of sp³-hybridized carbons (Fsp3) is 0.364. The Morgan fingerprint density at radius 2 is 2.28 bits per heavy atom. The number of rotatable bonds is 6. The van der Waals surface area contributed by atoms with Gasteiger partial charge in [0.2, 0.25) is 0 Å². The van der Waals surface area contributed by atoms with Crippen LogP contribution in [0.2, 0.25) is 5.02 Å². The van der Waals surface area contributed by atoms with E-state index >= 15 is 0 Å². The van der Waals surface area contributed by atoms with Crippen molar-refractivity contribution in [3.05, 3.63) is 33.3 Å². The number of halogens is 1. The van der Waals surface area contributed by atoms with E-state index in [4.69, 9.17) is 16.7 Å². The summed E-state index contributed by atoms with van der Waals surface area (Å²) in [5.74, 6) is -0.899. The topological polar surface area (TPSA) is 92.5 Å². The Bertz CT molecular complexity index is 464. The van der Waals surface area contributed by atoms with Gasteiger partial charge < -0.3 is 10.4 Å². The van der Waals surface area contributed by atoms with Gasteiger partial charge >= 0.3 is 11.7 Å². The van der Waals surface area contributed by atoms with Crippen LogP contribution in [0.25, 0.3) is 0 Å². The third-order valence-corrected chi connectivity index (χ3v) is 2.67. The lowest BCUT2D eigenvalue weighted by Gasteiger charge is -2.14. The molecule has 1 aromatic carbocycles. The number of carbonyl (C=O) groups is 1. The van der Waals surface area contributed by atoms with Gasteiger partial charge in [0.15, 0.2) is 0 Å². The summed E-state index contributed by atoms with van der Waals surface area (Å²) in [5, 5.41) is 22.4. The maximum Gasteiger partial charge on any atom is 0.310 e. The van der Waals surface area contributed by atoms with Gasteiger partial charge in [0, 0.05) is 12.5 Å². The largest absolute Gasteiger partial charge is 0.481 e. The first kappa shape index (κ1) is 14.2. The number of anilines is 1. The van der Waals surface area contributed by atoms with Crippen LogP contribution >= 0.6 is 11.6 Å². The van der Waals surface area contributed by atoms with Crippen molar-refractivity contribution in [1.82, 2.24) is 0 Å². The van der Waals surface area contributed by atoms with E-state index in [0.29, 0.717) is 12.1 Å². The number of nitro benzene ring substituents is 1. The highest BCUT2D eigenvalue weighted by atomic mass is 35.5. The van der Waals surface area contributed by atoms with Crippen molar-refractivity contribution >= 4 is 28.9 Å². The summed E-state index contributed by atoms with van der Waals surface area (Å²) in [6.45, 7) is 1.76. The molecule has 0 radical (unpaired) electrons. The summed E-state index contributed by atoms with van der Waals surface area (Å²) in [5.41, 5.74) is 0.103. The van der Waals surface area contributed by atoms with Gasteiger partial charge in [-0.05, 0) is 25.5 Å². The minimum Gasteiger partial charge on any atom is -0.481 e. The lowest BCUT2D eigenvalue weighted by Crippen LogP contribution is -2.17. The highest BCUT2D eigenvalue weighted by Crippen LogP contribution is 2.32. The number of nitrogens with zero attached hydrogens (tertiary/aromatic N) is 1. The number of carboxylic acids is 1. The van der Waals surface area contributed by atoms with E-state index in [2.05, 4.69) is 5.32 Å². The minimum atomic E-state index is -0.899. The average molecular weight is 273 g/mol. The number of hydrogen-bond donors (Lipinski definition) is 2. The molecule has 0 amide bonds. The molecular weight excluding hydrogens is 260 g/mol. The van der Waals surface area contributed by atoms with Crippen molar-refractivity contribution in [2.75, 3.05) is 5.32 Å². The molecule has 1 rings (SSSR count). The van der Waals surface area contributed by atoms with Gasteiger partial charge in [0.25, 0.3) is 0 Å². The molecule has 18 heavy (non-hydrogen) atoms. The lowest BCUT2D eigenvalue weighted by molar-refractivity contribution is -0.383. The standard InChI is InChI=1S/C11H13ClN2O4/c1-7(5-6-10(15)16)13-9-4-2-3-8(12)11(9)14(17)18/h2-4,7,13H,5-6H2,1H3,(H,15,16). The molecule has 98 valence electrons. The Morgan fingerprint density at radius 3 is 2.83 bits per heavy atom. The van der Waals surface area contributed by atoms with Gasteiger partial charge in [0.1, 0.15) is 10.7 Å². The van der Waals surface area contributed by atoms with Gasteiger partial charge in [-0.15, -0.1) is 0 Å². The predicted molar refractivity (Wildman–Crippen MR) is 68.1 cm³/mol. The summed E-state index contributed by atoms with van der Waals surface area (Å²) in [4.78, 5) is 20.7. The van der Waals surface area contributed by atoms with Gasteiger partial charge in [-0.1, -0.05) is 17.7 Å². The van der Waals surface area contributed by atoms with Crippen molar-refractivity contribution in [2.24, 2.45) is 0 Å². The van der Waals surface area contributed by atoms with Crippen molar-refractivity contribution in [2.45, 2.75) is 25.8 Å². The van der Waals surface area contributed by atoms with E-state index in [0.717, 1.165) is 0 Å². The van der Waals surface area contributed by atoms with Gasteiger partial charge in [-0.3, -0.25) is 14.9 Å². The first-order chi connectivity index (χ1) is 8.41. The molecule has 1 unspecified atom stereocenters. The predicted octanol–water partition coefficient (Wildman–Crippen LogP) is 2.91. The van der Waals surface area contributed by atoms with Gasteiger partial charge in [0.05, 0.1) is 4.92 Å². The van der Waals surface area contributed by atoms with Gasteiger partial charge in [-0.25, -0.2) is 0 Å². The zero-order valence-corrected chi connectivity index (χ0v) is 10.5. The second-order valence-electron chi connectivity index (χ2n) is 3.87. The number of nitrogens with one attached hydrogen (secondary N) is 1. The number of benzene rings is 1.